The van der Waals surface area contributed by atoms with Crippen LogP contribution in [-0.2, 0) is 17.9 Å². The number of nitrogens with zero attached hydrogens (tertiary/aromatic N) is 2. The number of hydrogen-bond acceptors (Lipinski definition) is 4. The molecule has 2 aromatic rings. The number of aromatic hydroxyl groups is 1. The van der Waals surface area contributed by atoms with Crippen molar-refractivity contribution in [2.24, 2.45) is 0 Å². The Balaban J connectivity index is 1.99. The molecule has 0 aliphatic carbocycles. The molecule has 1 aromatic heterocycles. The number of phenolic OH excluding ortho intramolecular Hbond substituents is 1. The zero-order valence-corrected chi connectivity index (χ0v) is 12.5. The Morgan fingerprint density at radius 3 is 2.81 bits per heavy atom. The minimum atomic E-state index is 0.316. The van der Waals surface area contributed by atoms with Gasteiger partial charge >= 0.3 is 0 Å². The van der Waals surface area contributed by atoms with Gasteiger partial charge in [0.05, 0.1) is 6.61 Å². The SMILES string of the molecule is COCc1cc(CN2CCCCC2)c(O)c2ncccc12. The van der Waals surface area contributed by atoms with Crippen LogP contribution in [0, 0.1) is 0 Å². The van der Waals surface area contributed by atoms with E-state index in [0.717, 1.165) is 36.1 Å². The molecule has 4 heteroatoms. The first-order valence-corrected chi connectivity index (χ1v) is 7.59. The van der Waals surface area contributed by atoms with E-state index in [2.05, 4.69) is 16.0 Å². The molecule has 0 saturated carbocycles. The third-order valence-electron chi connectivity index (χ3n) is 4.17. The smallest absolute Gasteiger partial charge is 0.146 e. The maximum absolute atomic E-state index is 10.5. The van der Waals surface area contributed by atoms with Crippen LogP contribution >= 0.6 is 0 Å². The van der Waals surface area contributed by atoms with E-state index in [1.165, 1.54) is 19.3 Å². The highest BCUT2D eigenvalue weighted by Crippen LogP contribution is 2.31. The van der Waals surface area contributed by atoms with Crippen molar-refractivity contribution in [3.05, 3.63) is 35.5 Å². The van der Waals surface area contributed by atoms with Gasteiger partial charge in [0.15, 0.2) is 0 Å². The molecule has 2 heterocycles. The van der Waals surface area contributed by atoms with Crippen molar-refractivity contribution in [3.63, 3.8) is 0 Å². The summed E-state index contributed by atoms with van der Waals surface area (Å²) in [5, 5.41) is 11.5. The molecule has 3 rings (SSSR count). The van der Waals surface area contributed by atoms with Crippen molar-refractivity contribution in [1.29, 1.82) is 0 Å². The van der Waals surface area contributed by atoms with Gasteiger partial charge < -0.3 is 9.84 Å². The first-order valence-electron chi connectivity index (χ1n) is 7.59. The third-order valence-corrected chi connectivity index (χ3v) is 4.17. The van der Waals surface area contributed by atoms with Gasteiger partial charge in [0, 0.05) is 30.8 Å². The number of hydrogen-bond donors (Lipinski definition) is 1. The zero-order valence-electron chi connectivity index (χ0n) is 12.5. The predicted molar refractivity (Wildman–Crippen MR) is 83.2 cm³/mol. The summed E-state index contributed by atoms with van der Waals surface area (Å²) in [4.78, 5) is 6.76. The summed E-state index contributed by atoms with van der Waals surface area (Å²) in [5.41, 5.74) is 2.72. The van der Waals surface area contributed by atoms with E-state index >= 15 is 0 Å². The van der Waals surface area contributed by atoms with Crippen molar-refractivity contribution in [1.82, 2.24) is 9.88 Å². The van der Waals surface area contributed by atoms with Crippen molar-refractivity contribution >= 4 is 10.9 Å². The lowest BCUT2D eigenvalue weighted by Gasteiger charge is -2.27. The quantitative estimate of drug-likeness (QED) is 0.938. The van der Waals surface area contributed by atoms with Crippen LogP contribution in [0.5, 0.6) is 5.75 Å². The van der Waals surface area contributed by atoms with Crippen molar-refractivity contribution in [2.75, 3.05) is 20.2 Å². The van der Waals surface area contributed by atoms with Crippen molar-refractivity contribution in [3.8, 4) is 5.75 Å². The van der Waals surface area contributed by atoms with Crippen LogP contribution in [0.4, 0.5) is 0 Å². The first kappa shape index (κ1) is 14.3. The Morgan fingerprint density at radius 1 is 1.24 bits per heavy atom. The van der Waals surface area contributed by atoms with E-state index in [1.807, 2.05) is 12.1 Å². The zero-order chi connectivity index (χ0) is 14.7. The fourth-order valence-electron chi connectivity index (χ4n) is 3.12. The lowest BCUT2D eigenvalue weighted by molar-refractivity contribution is 0.185. The van der Waals surface area contributed by atoms with Gasteiger partial charge in [-0.05, 0) is 43.6 Å². The van der Waals surface area contributed by atoms with Crippen molar-refractivity contribution < 1.29 is 9.84 Å². The summed E-state index contributed by atoms with van der Waals surface area (Å²) in [6.45, 7) is 3.54. The Morgan fingerprint density at radius 2 is 2.05 bits per heavy atom. The molecule has 0 bridgehead atoms. The third kappa shape index (κ3) is 3.01. The predicted octanol–water partition coefficient (Wildman–Crippen LogP) is 3.07. The monoisotopic (exact) mass is 286 g/mol. The van der Waals surface area contributed by atoms with E-state index in [9.17, 15) is 5.11 Å². The number of pyridine rings is 1. The van der Waals surface area contributed by atoms with E-state index < -0.39 is 0 Å². The van der Waals surface area contributed by atoms with Gasteiger partial charge in [-0.1, -0.05) is 12.5 Å². The molecule has 1 N–H and O–H groups in total. The topological polar surface area (TPSA) is 45.6 Å². The standard InChI is InChI=1S/C17H22N2O2/c1-21-12-14-10-13(11-19-8-3-2-4-9-19)17(20)16-15(14)6-5-7-18-16/h5-7,10,20H,2-4,8-9,11-12H2,1H3. The molecule has 1 aliphatic heterocycles. The highest BCUT2D eigenvalue weighted by atomic mass is 16.5. The average Bonchev–Trinajstić information content (AvgIpc) is 2.53. The molecule has 1 saturated heterocycles. The number of aromatic nitrogens is 1. The second kappa shape index (κ2) is 6.41. The Bertz CT molecular complexity index is 621. The molecule has 0 amide bonds. The fourth-order valence-corrected chi connectivity index (χ4v) is 3.12. The molecule has 0 spiro atoms. The number of likely N-dealkylation sites (tertiary alicyclic amines) is 1. The molecule has 0 unspecified atom stereocenters. The Kier molecular flexibility index (Phi) is 4.36. The molecule has 0 radical (unpaired) electrons. The average molecular weight is 286 g/mol. The number of benzene rings is 1. The van der Waals surface area contributed by atoms with Gasteiger partial charge in [-0.3, -0.25) is 9.88 Å². The normalized spacial score (nSPS) is 16.4. The second-order valence-corrected chi connectivity index (χ2v) is 5.71. The van der Waals surface area contributed by atoms with Crippen LogP contribution in [0.25, 0.3) is 10.9 Å². The second-order valence-electron chi connectivity index (χ2n) is 5.71. The summed E-state index contributed by atoms with van der Waals surface area (Å²) < 4.78 is 5.30. The summed E-state index contributed by atoms with van der Waals surface area (Å²) in [6, 6.07) is 5.95. The number of ether oxygens (including phenoxy) is 1. The number of methoxy groups -OCH3 is 1. The molecule has 0 atom stereocenters. The van der Waals surface area contributed by atoms with Crippen LogP contribution in [-0.4, -0.2) is 35.2 Å². The number of fused-ring (bicyclic) bond motifs is 1. The maximum atomic E-state index is 10.5. The number of phenols is 1. The number of rotatable bonds is 4. The maximum Gasteiger partial charge on any atom is 0.146 e. The van der Waals surface area contributed by atoms with Gasteiger partial charge in [0.25, 0.3) is 0 Å². The van der Waals surface area contributed by atoms with Gasteiger partial charge in [0.2, 0.25) is 0 Å². The van der Waals surface area contributed by atoms with Crippen LogP contribution < -0.4 is 0 Å². The summed E-state index contributed by atoms with van der Waals surface area (Å²) >= 11 is 0. The van der Waals surface area contributed by atoms with Gasteiger partial charge in [0.1, 0.15) is 11.3 Å². The molecule has 21 heavy (non-hydrogen) atoms. The molecule has 1 aliphatic rings. The van der Waals surface area contributed by atoms with E-state index in [1.54, 1.807) is 13.3 Å². The molecule has 112 valence electrons. The van der Waals surface area contributed by atoms with Gasteiger partial charge in [-0.2, -0.15) is 0 Å². The fraction of sp³-hybridized carbons (Fsp3) is 0.471. The van der Waals surface area contributed by atoms with E-state index in [-0.39, 0.29) is 0 Å². The van der Waals surface area contributed by atoms with Crippen LogP contribution in [0.2, 0.25) is 0 Å². The minimum absolute atomic E-state index is 0.316. The Hall–Kier alpha value is -1.65. The molecular weight excluding hydrogens is 264 g/mol. The summed E-state index contributed by atoms with van der Waals surface area (Å²) in [7, 11) is 1.69. The lowest BCUT2D eigenvalue weighted by atomic mass is 10.0. The lowest BCUT2D eigenvalue weighted by Crippen LogP contribution is -2.29. The summed E-state index contributed by atoms with van der Waals surface area (Å²) in [5.74, 6) is 0.316. The highest BCUT2D eigenvalue weighted by Gasteiger charge is 2.16. The largest absolute Gasteiger partial charge is 0.505 e. The van der Waals surface area contributed by atoms with E-state index in [4.69, 9.17) is 4.74 Å². The van der Waals surface area contributed by atoms with Crippen LogP contribution in [0.15, 0.2) is 24.4 Å². The van der Waals surface area contributed by atoms with Gasteiger partial charge in [-0.25, -0.2) is 0 Å². The van der Waals surface area contributed by atoms with Crippen molar-refractivity contribution in [2.45, 2.75) is 32.4 Å². The first-order chi connectivity index (χ1) is 10.3. The Labute approximate surface area is 125 Å². The molecule has 1 aromatic carbocycles. The molecule has 4 nitrogen and oxygen atoms in total. The summed E-state index contributed by atoms with van der Waals surface area (Å²) in [6.07, 6.45) is 5.54. The molecular formula is C17H22N2O2. The van der Waals surface area contributed by atoms with E-state index in [0.29, 0.717) is 17.9 Å². The van der Waals surface area contributed by atoms with Gasteiger partial charge in [-0.15, -0.1) is 0 Å². The van der Waals surface area contributed by atoms with Crippen LogP contribution in [0.3, 0.4) is 0 Å². The number of piperidine rings is 1. The van der Waals surface area contributed by atoms with Crippen LogP contribution in [0.1, 0.15) is 30.4 Å². The highest BCUT2D eigenvalue weighted by molar-refractivity contribution is 5.88. The molecule has 1 fully saturated rings. The minimum Gasteiger partial charge on any atom is -0.505 e.